The first kappa shape index (κ1) is 18.4. The summed E-state index contributed by atoms with van der Waals surface area (Å²) in [5.41, 5.74) is 0.213. The molecule has 0 aliphatic carbocycles. The van der Waals surface area contributed by atoms with Crippen molar-refractivity contribution in [1.29, 1.82) is 0 Å². The Hall–Kier alpha value is -2.35. The summed E-state index contributed by atoms with van der Waals surface area (Å²) in [5.74, 6) is 0. The Bertz CT molecular complexity index is 1140. The Morgan fingerprint density at radius 3 is 1.92 bits per heavy atom. The summed E-state index contributed by atoms with van der Waals surface area (Å²) < 4.78 is 53.0. The van der Waals surface area contributed by atoms with Crippen LogP contribution in [0.5, 0.6) is 0 Å². The summed E-state index contributed by atoms with van der Waals surface area (Å²) in [6.45, 7) is 0. The Morgan fingerprint density at radius 2 is 1.23 bits per heavy atom. The highest BCUT2D eigenvalue weighted by molar-refractivity contribution is 7.93. The van der Waals surface area contributed by atoms with Crippen molar-refractivity contribution in [2.45, 2.75) is 14.7 Å². The minimum atomic E-state index is -4.00. The van der Waals surface area contributed by atoms with Crippen molar-refractivity contribution in [2.75, 3.05) is 4.72 Å². The van der Waals surface area contributed by atoms with Crippen molar-refractivity contribution in [2.24, 2.45) is 0 Å². The molecule has 0 aliphatic rings. The molecule has 1 N–H and O–H groups in total. The van der Waals surface area contributed by atoms with Crippen LogP contribution in [0.15, 0.2) is 93.5 Å². The van der Waals surface area contributed by atoms with E-state index in [2.05, 4.69) is 4.72 Å². The third-order valence-electron chi connectivity index (χ3n) is 3.60. The molecule has 0 aliphatic heterocycles. The molecular formula is C18H14ClNO4S2. The highest BCUT2D eigenvalue weighted by Crippen LogP contribution is 2.26. The van der Waals surface area contributed by atoms with Crippen molar-refractivity contribution in [3.8, 4) is 0 Å². The fourth-order valence-corrected chi connectivity index (χ4v) is 5.06. The van der Waals surface area contributed by atoms with Crippen LogP contribution < -0.4 is 4.72 Å². The fraction of sp³-hybridized carbons (Fsp3) is 0. The number of anilines is 1. The average molecular weight is 408 g/mol. The van der Waals surface area contributed by atoms with E-state index >= 15 is 0 Å². The van der Waals surface area contributed by atoms with E-state index in [0.29, 0.717) is 0 Å². The zero-order valence-electron chi connectivity index (χ0n) is 13.3. The van der Waals surface area contributed by atoms with Crippen molar-refractivity contribution in [1.82, 2.24) is 0 Å². The first-order valence-corrected chi connectivity index (χ1v) is 10.8. The van der Waals surface area contributed by atoms with Gasteiger partial charge in [0, 0.05) is 0 Å². The van der Waals surface area contributed by atoms with Crippen LogP contribution in [0.1, 0.15) is 0 Å². The van der Waals surface area contributed by atoms with Gasteiger partial charge in [-0.15, -0.1) is 0 Å². The Labute approximate surface area is 157 Å². The molecule has 134 valence electrons. The monoisotopic (exact) mass is 407 g/mol. The van der Waals surface area contributed by atoms with Gasteiger partial charge in [-0.1, -0.05) is 48.0 Å². The lowest BCUT2D eigenvalue weighted by Gasteiger charge is -2.11. The van der Waals surface area contributed by atoms with Crippen molar-refractivity contribution >= 4 is 37.1 Å². The molecule has 5 nitrogen and oxygen atoms in total. The number of hydrogen-bond acceptors (Lipinski definition) is 4. The number of sulfonamides is 1. The summed E-state index contributed by atoms with van der Waals surface area (Å²) >= 11 is 5.98. The minimum Gasteiger partial charge on any atom is -0.278 e. The Balaban J connectivity index is 2.01. The van der Waals surface area contributed by atoms with Gasteiger partial charge in [0.25, 0.3) is 10.0 Å². The molecule has 0 saturated heterocycles. The lowest BCUT2D eigenvalue weighted by Crippen LogP contribution is -2.14. The van der Waals surface area contributed by atoms with Crippen molar-refractivity contribution in [3.05, 3.63) is 83.9 Å². The van der Waals surface area contributed by atoms with Crippen LogP contribution in [-0.4, -0.2) is 16.8 Å². The van der Waals surface area contributed by atoms with Crippen molar-refractivity contribution in [3.63, 3.8) is 0 Å². The Kier molecular flexibility index (Phi) is 5.04. The second kappa shape index (κ2) is 7.11. The maximum absolute atomic E-state index is 12.7. The maximum Gasteiger partial charge on any atom is 0.261 e. The molecule has 26 heavy (non-hydrogen) atoms. The molecule has 0 unspecified atom stereocenters. The Morgan fingerprint density at radius 1 is 0.654 bits per heavy atom. The number of nitrogens with one attached hydrogen (secondary N) is 1. The van der Waals surface area contributed by atoms with E-state index in [4.69, 9.17) is 11.6 Å². The molecule has 3 aromatic rings. The van der Waals surface area contributed by atoms with Gasteiger partial charge in [0.1, 0.15) is 0 Å². The first-order valence-electron chi connectivity index (χ1n) is 7.48. The molecule has 0 amide bonds. The number of rotatable bonds is 5. The smallest absolute Gasteiger partial charge is 0.261 e. The van der Waals surface area contributed by atoms with Crippen LogP contribution in [-0.2, 0) is 19.9 Å². The van der Waals surface area contributed by atoms with E-state index < -0.39 is 19.9 Å². The number of hydrogen-bond donors (Lipinski definition) is 1. The number of benzene rings is 3. The molecule has 0 heterocycles. The number of sulfone groups is 1. The summed E-state index contributed by atoms with van der Waals surface area (Å²) in [6.07, 6.45) is 0. The van der Waals surface area contributed by atoms with Crippen LogP contribution in [0.3, 0.4) is 0 Å². The molecule has 0 bridgehead atoms. The van der Waals surface area contributed by atoms with E-state index in [-0.39, 0.29) is 25.4 Å². The maximum atomic E-state index is 12.7. The highest BCUT2D eigenvalue weighted by Gasteiger charge is 2.21. The molecule has 0 radical (unpaired) electrons. The summed E-state index contributed by atoms with van der Waals surface area (Å²) in [7, 11) is -7.82. The summed E-state index contributed by atoms with van der Waals surface area (Å²) in [6, 6.07) is 19.4. The first-order chi connectivity index (χ1) is 12.3. The van der Waals surface area contributed by atoms with Crippen LogP contribution in [0.2, 0.25) is 5.02 Å². The molecule has 0 spiro atoms. The second-order valence-corrected chi connectivity index (χ2v) is 9.42. The largest absolute Gasteiger partial charge is 0.278 e. The summed E-state index contributed by atoms with van der Waals surface area (Å²) in [4.78, 5) is -0.186. The van der Waals surface area contributed by atoms with Crippen LogP contribution in [0.25, 0.3) is 0 Å². The molecular weight excluding hydrogens is 394 g/mol. The van der Waals surface area contributed by atoms with Gasteiger partial charge in [-0.05, 0) is 42.5 Å². The molecule has 0 saturated carbocycles. The van der Waals surface area contributed by atoms with E-state index in [0.717, 1.165) is 6.07 Å². The van der Waals surface area contributed by atoms with Gasteiger partial charge in [0.2, 0.25) is 9.84 Å². The third-order valence-corrected chi connectivity index (χ3v) is 7.06. The van der Waals surface area contributed by atoms with Crippen molar-refractivity contribution < 1.29 is 16.8 Å². The van der Waals surface area contributed by atoms with Crippen LogP contribution in [0, 0.1) is 0 Å². The van der Waals surface area contributed by atoms with Gasteiger partial charge in [0.05, 0.1) is 25.4 Å². The lowest BCUT2D eigenvalue weighted by atomic mass is 10.3. The fourth-order valence-electron chi connectivity index (χ4n) is 2.29. The summed E-state index contributed by atoms with van der Waals surface area (Å²) in [5, 5.41) is 0.240. The van der Waals surface area contributed by atoms with E-state index in [1.807, 2.05) is 0 Å². The molecule has 8 heteroatoms. The standard InChI is InChI=1S/C18H14ClNO4S2/c19-17-11-4-5-12-18(17)20-26(23,24)16-10-6-9-15(13-16)25(21,22)14-7-2-1-3-8-14/h1-13,20H. The van der Waals surface area contributed by atoms with Gasteiger partial charge in [0.15, 0.2) is 0 Å². The SMILES string of the molecule is O=S(=O)(Nc1ccccc1Cl)c1cccc(S(=O)(=O)c2ccccc2)c1. The van der Waals surface area contributed by atoms with Gasteiger partial charge in [-0.3, -0.25) is 4.72 Å². The van der Waals surface area contributed by atoms with Gasteiger partial charge in [-0.2, -0.15) is 0 Å². The second-order valence-electron chi connectivity index (χ2n) is 5.38. The van der Waals surface area contributed by atoms with Gasteiger partial charge >= 0.3 is 0 Å². The van der Waals surface area contributed by atoms with Crippen LogP contribution >= 0.6 is 11.6 Å². The van der Waals surface area contributed by atoms with E-state index in [1.54, 1.807) is 36.4 Å². The molecule has 0 aromatic heterocycles. The zero-order valence-corrected chi connectivity index (χ0v) is 15.7. The molecule has 0 fully saturated rings. The van der Waals surface area contributed by atoms with E-state index in [9.17, 15) is 16.8 Å². The predicted octanol–water partition coefficient (Wildman–Crippen LogP) is 3.97. The van der Waals surface area contributed by atoms with Gasteiger partial charge in [-0.25, -0.2) is 16.8 Å². The number of para-hydroxylation sites is 1. The highest BCUT2D eigenvalue weighted by atomic mass is 35.5. The topological polar surface area (TPSA) is 80.3 Å². The van der Waals surface area contributed by atoms with Gasteiger partial charge < -0.3 is 0 Å². The predicted molar refractivity (Wildman–Crippen MR) is 101 cm³/mol. The number of halogens is 1. The average Bonchev–Trinajstić information content (AvgIpc) is 2.64. The quantitative estimate of drug-likeness (QED) is 0.693. The minimum absolute atomic E-state index is 0.0913. The third kappa shape index (κ3) is 3.75. The molecule has 3 rings (SSSR count). The van der Waals surface area contributed by atoms with Crippen LogP contribution in [0.4, 0.5) is 5.69 Å². The molecule has 0 atom stereocenters. The zero-order chi connectivity index (χ0) is 18.8. The normalized spacial score (nSPS) is 11.9. The molecule has 3 aromatic carbocycles. The lowest BCUT2D eigenvalue weighted by molar-refractivity contribution is 0.595. The van der Waals surface area contributed by atoms with E-state index in [1.165, 1.54) is 36.4 Å².